The normalized spacial score (nSPS) is 11.1. The van der Waals surface area contributed by atoms with Gasteiger partial charge in [-0.05, 0) is 36.4 Å². The molecule has 0 atom stereocenters. The summed E-state index contributed by atoms with van der Waals surface area (Å²) in [5.41, 5.74) is 0. The van der Waals surface area contributed by atoms with Crippen molar-refractivity contribution < 1.29 is 9.90 Å². The first-order chi connectivity index (χ1) is 11.2. The molecule has 114 valence electrons. The van der Waals surface area contributed by atoms with Gasteiger partial charge < -0.3 is 9.90 Å². The molecule has 0 aliphatic carbocycles. The van der Waals surface area contributed by atoms with Gasteiger partial charge in [-0.1, -0.05) is 54.6 Å². The summed E-state index contributed by atoms with van der Waals surface area (Å²) in [6.45, 7) is 0. The summed E-state index contributed by atoms with van der Waals surface area (Å²) in [6, 6.07) is 29.8. The highest BCUT2D eigenvalue weighted by Crippen LogP contribution is 2.54. The third kappa shape index (κ3) is 3.04. The predicted molar refractivity (Wildman–Crippen MR) is 95.0 cm³/mol. The van der Waals surface area contributed by atoms with E-state index in [4.69, 9.17) is 0 Å². The third-order valence-electron chi connectivity index (χ3n) is 3.96. The van der Waals surface area contributed by atoms with Crippen molar-refractivity contribution in [3.63, 3.8) is 0 Å². The molecule has 0 heterocycles. The highest BCUT2D eigenvalue weighted by molar-refractivity contribution is 7.96. The second-order valence-electron chi connectivity index (χ2n) is 5.35. The molecule has 3 aromatic carbocycles. The molecule has 3 aromatic rings. The van der Waals surface area contributed by atoms with Crippen molar-refractivity contribution >= 4 is 29.1 Å². The molecule has 0 fully saturated rings. The standard InChI is InChI=1S/C20H17O2P/c21-20(22)16-23(17-10-4-1-5-11-17,18-12-6-2-7-13-18)19-14-8-3-9-15-19/h1-15H,16H2. The predicted octanol–water partition coefficient (Wildman–Crippen LogP) is 1.73. The van der Waals surface area contributed by atoms with Gasteiger partial charge >= 0.3 is 0 Å². The van der Waals surface area contributed by atoms with Gasteiger partial charge in [0.05, 0.1) is 5.97 Å². The van der Waals surface area contributed by atoms with Crippen LogP contribution < -0.4 is 21.0 Å². The van der Waals surface area contributed by atoms with E-state index in [9.17, 15) is 9.90 Å². The van der Waals surface area contributed by atoms with Crippen LogP contribution in [0.3, 0.4) is 0 Å². The summed E-state index contributed by atoms with van der Waals surface area (Å²) in [5, 5.41) is 14.8. The van der Waals surface area contributed by atoms with Crippen LogP contribution in [-0.2, 0) is 4.79 Å². The van der Waals surface area contributed by atoms with Crippen molar-refractivity contribution in [3.8, 4) is 0 Å². The number of hydrogen-bond acceptors (Lipinski definition) is 2. The van der Waals surface area contributed by atoms with Gasteiger partial charge in [-0.15, -0.1) is 0 Å². The minimum atomic E-state index is -2.27. The molecule has 0 aromatic heterocycles. The Hall–Kier alpha value is -2.44. The number of carboxylic acid groups (broad SMARTS) is 1. The Balaban J connectivity index is 2.32. The second kappa shape index (κ2) is 6.76. The summed E-state index contributed by atoms with van der Waals surface area (Å²) in [4.78, 5) is 11.7. The monoisotopic (exact) mass is 320 g/mol. The molecule has 0 bridgehead atoms. The number of aliphatic carboxylic acids is 1. The van der Waals surface area contributed by atoms with E-state index in [0.29, 0.717) is 0 Å². The fraction of sp³-hybridized carbons (Fsp3) is 0.0500. The van der Waals surface area contributed by atoms with Crippen LogP contribution in [0.25, 0.3) is 0 Å². The third-order valence-corrected chi connectivity index (χ3v) is 8.23. The maximum Gasteiger partial charge on any atom is 0.117 e. The summed E-state index contributed by atoms with van der Waals surface area (Å²) in [6.07, 6.45) is 0.00500. The average Bonchev–Trinajstić information content (AvgIpc) is 2.62. The van der Waals surface area contributed by atoms with E-state index in [2.05, 4.69) is 0 Å². The van der Waals surface area contributed by atoms with Crippen LogP contribution in [0, 0.1) is 0 Å². The maximum absolute atomic E-state index is 11.7. The van der Waals surface area contributed by atoms with Gasteiger partial charge in [-0.2, -0.15) is 0 Å². The van der Waals surface area contributed by atoms with E-state index in [1.54, 1.807) is 0 Å². The van der Waals surface area contributed by atoms with Crippen LogP contribution >= 0.6 is 7.26 Å². The van der Waals surface area contributed by atoms with E-state index in [1.165, 1.54) is 0 Å². The van der Waals surface area contributed by atoms with Crippen molar-refractivity contribution in [1.82, 2.24) is 0 Å². The first kappa shape index (κ1) is 15.5. The lowest BCUT2D eigenvalue weighted by Gasteiger charge is -2.27. The molecule has 0 unspecified atom stereocenters. The van der Waals surface area contributed by atoms with E-state index in [1.807, 2.05) is 91.0 Å². The molecule has 2 nitrogen and oxygen atoms in total. The maximum atomic E-state index is 11.7. The van der Waals surface area contributed by atoms with Gasteiger partial charge in [0.15, 0.2) is 0 Å². The number of carboxylic acids is 1. The quantitative estimate of drug-likeness (QED) is 0.672. The summed E-state index contributed by atoms with van der Waals surface area (Å²) in [5.74, 6) is -1.02. The van der Waals surface area contributed by atoms with E-state index >= 15 is 0 Å². The van der Waals surface area contributed by atoms with Crippen molar-refractivity contribution in [1.29, 1.82) is 0 Å². The SMILES string of the molecule is O=C([O-])C[P+](c1ccccc1)(c1ccccc1)c1ccccc1. The fourth-order valence-electron chi connectivity index (χ4n) is 2.96. The molecule has 3 rings (SSSR count). The number of carbonyl (C=O) groups is 1. The lowest BCUT2D eigenvalue weighted by Crippen LogP contribution is -2.40. The van der Waals surface area contributed by atoms with Gasteiger partial charge in [0.25, 0.3) is 0 Å². The van der Waals surface area contributed by atoms with Crippen LogP contribution in [0.5, 0.6) is 0 Å². The molecule has 0 amide bonds. The molecule has 0 spiro atoms. The number of rotatable bonds is 5. The van der Waals surface area contributed by atoms with Crippen LogP contribution in [0.15, 0.2) is 91.0 Å². The zero-order chi connectivity index (χ0) is 16.1. The van der Waals surface area contributed by atoms with E-state index in [0.717, 1.165) is 15.9 Å². The minimum Gasteiger partial charge on any atom is -0.546 e. The van der Waals surface area contributed by atoms with Crippen molar-refractivity contribution in [3.05, 3.63) is 91.0 Å². The second-order valence-corrected chi connectivity index (χ2v) is 8.83. The molecule has 0 N–H and O–H groups in total. The van der Waals surface area contributed by atoms with E-state index < -0.39 is 13.2 Å². The van der Waals surface area contributed by atoms with E-state index in [-0.39, 0.29) is 6.16 Å². The number of hydrogen-bond donors (Lipinski definition) is 0. The largest absolute Gasteiger partial charge is 0.546 e. The molecule has 0 saturated heterocycles. The molecule has 0 radical (unpaired) electrons. The zero-order valence-corrected chi connectivity index (χ0v) is 13.5. The Morgan fingerprint density at radius 2 is 0.957 bits per heavy atom. The Labute approximate surface area is 136 Å². The fourth-order valence-corrected chi connectivity index (χ4v) is 6.83. The van der Waals surface area contributed by atoms with Crippen LogP contribution in [0.4, 0.5) is 0 Å². The topological polar surface area (TPSA) is 40.1 Å². The van der Waals surface area contributed by atoms with Gasteiger partial charge in [-0.25, -0.2) is 0 Å². The number of benzene rings is 3. The first-order valence-electron chi connectivity index (χ1n) is 7.48. The lowest BCUT2D eigenvalue weighted by atomic mass is 10.4. The molecule has 0 aliphatic heterocycles. The van der Waals surface area contributed by atoms with Crippen LogP contribution in [0.2, 0.25) is 0 Å². The minimum absolute atomic E-state index is 0.00500. The lowest BCUT2D eigenvalue weighted by molar-refractivity contribution is -0.301. The Bertz CT molecular complexity index is 674. The average molecular weight is 320 g/mol. The number of carbonyl (C=O) groups excluding carboxylic acids is 1. The van der Waals surface area contributed by atoms with Crippen molar-refractivity contribution in [2.24, 2.45) is 0 Å². The van der Waals surface area contributed by atoms with Crippen molar-refractivity contribution in [2.75, 3.05) is 6.16 Å². The van der Waals surface area contributed by atoms with Crippen LogP contribution in [-0.4, -0.2) is 12.1 Å². The summed E-state index contributed by atoms with van der Waals surface area (Å²) >= 11 is 0. The van der Waals surface area contributed by atoms with Gasteiger partial charge in [0.2, 0.25) is 0 Å². The summed E-state index contributed by atoms with van der Waals surface area (Å²) < 4.78 is 0. The van der Waals surface area contributed by atoms with Gasteiger partial charge in [0, 0.05) is 0 Å². The smallest absolute Gasteiger partial charge is 0.117 e. The molecule has 3 heteroatoms. The van der Waals surface area contributed by atoms with Gasteiger partial charge in [0.1, 0.15) is 29.3 Å². The molecular weight excluding hydrogens is 303 g/mol. The molecule has 0 saturated carbocycles. The highest BCUT2D eigenvalue weighted by atomic mass is 31.2. The Morgan fingerprint density at radius 1 is 0.652 bits per heavy atom. The molecule has 23 heavy (non-hydrogen) atoms. The highest BCUT2D eigenvalue weighted by Gasteiger charge is 2.45. The first-order valence-corrected chi connectivity index (χ1v) is 9.45. The van der Waals surface area contributed by atoms with Crippen molar-refractivity contribution in [2.45, 2.75) is 0 Å². The Kier molecular flexibility index (Phi) is 4.55. The van der Waals surface area contributed by atoms with Crippen LogP contribution in [0.1, 0.15) is 0 Å². The zero-order valence-electron chi connectivity index (χ0n) is 12.6. The Morgan fingerprint density at radius 3 is 1.22 bits per heavy atom. The summed E-state index contributed by atoms with van der Waals surface area (Å²) in [7, 11) is -2.27. The van der Waals surface area contributed by atoms with Gasteiger partial charge in [-0.3, -0.25) is 0 Å². The molecule has 0 aliphatic rings. The molecular formula is C20H17O2P.